The highest BCUT2D eigenvalue weighted by atomic mass is 14.9. The highest BCUT2D eigenvalue weighted by molar-refractivity contribution is 5.49. The topological polar surface area (TPSA) is 38.7 Å². The quantitative estimate of drug-likeness (QED) is 0.781. The van der Waals surface area contributed by atoms with Crippen LogP contribution in [0.5, 0.6) is 0 Å². The zero-order valence-electron chi connectivity index (χ0n) is 13.2. The van der Waals surface area contributed by atoms with Gasteiger partial charge in [0.25, 0.3) is 0 Å². The van der Waals surface area contributed by atoms with Gasteiger partial charge in [-0.25, -0.2) is 15.0 Å². The van der Waals surface area contributed by atoms with E-state index in [2.05, 4.69) is 57.6 Å². The Morgan fingerprint density at radius 2 is 1.35 bits per heavy atom. The first-order valence-electron chi connectivity index (χ1n) is 6.99. The molecule has 0 spiro atoms. The second kappa shape index (κ2) is 4.97. The number of hydrogen-bond acceptors (Lipinski definition) is 3. The first kappa shape index (κ1) is 14.6. The maximum atomic E-state index is 4.71. The highest BCUT2D eigenvalue weighted by Gasteiger charge is 2.19. The SMILES string of the molecule is CC(C)(C)c1cccc(-c2nccc(C(C)(C)C)n2)n1. The molecule has 2 rings (SSSR count). The van der Waals surface area contributed by atoms with Crippen molar-refractivity contribution in [2.24, 2.45) is 0 Å². The number of aromatic nitrogens is 3. The first-order chi connectivity index (χ1) is 9.18. The molecule has 3 nitrogen and oxygen atoms in total. The van der Waals surface area contributed by atoms with E-state index in [1.807, 2.05) is 24.4 Å². The van der Waals surface area contributed by atoms with Gasteiger partial charge in [-0.1, -0.05) is 47.6 Å². The Morgan fingerprint density at radius 1 is 0.750 bits per heavy atom. The van der Waals surface area contributed by atoms with Gasteiger partial charge in [0, 0.05) is 28.4 Å². The molecule has 3 heteroatoms. The summed E-state index contributed by atoms with van der Waals surface area (Å²) in [4.78, 5) is 13.7. The summed E-state index contributed by atoms with van der Waals surface area (Å²) in [5.74, 6) is 0.698. The third kappa shape index (κ3) is 3.21. The van der Waals surface area contributed by atoms with Crippen LogP contribution in [-0.2, 0) is 10.8 Å². The summed E-state index contributed by atoms with van der Waals surface area (Å²) in [5.41, 5.74) is 2.96. The van der Waals surface area contributed by atoms with E-state index in [0.717, 1.165) is 17.1 Å². The minimum atomic E-state index is 0.0132. The van der Waals surface area contributed by atoms with E-state index < -0.39 is 0 Å². The van der Waals surface area contributed by atoms with E-state index in [-0.39, 0.29) is 10.8 Å². The fourth-order valence-electron chi connectivity index (χ4n) is 1.88. The Hall–Kier alpha value is -1.77. The molecule has 0 saturated heterocycles. The van der Waals surface area contributed by atoms with Crippen molar-refractivity contribution in [3.8, 4) is 11.5 Å². The molecule has 0 fully saturated rings. The van der Waals surface area contributed by atoms with Crippen molar-refractivity contribution in [3.05, 3.63) is 41.9 Å². The van der Waals surface area contributed by atoms with Gasteiger partial charge in [-0.3, -0.25) is 0 Å². The molecule has 2 aromatic rings. The number of rotatable bonds is 1. The van der Waals surface area contributed by atoms with Gasteiger partial charge in [-0.2, -0.15) is 0 Å². The molecule has 0 saturated carbocycles. The molecular formula is C17H23N3. The van der Waals surface area contributed by atoms with Crippen LogP contribution < -0.4 is 0 Å². The molecule has 0 aliphatic heterocycles. The summed E-state index contributed by atoms with van der Waals surface area (Å²) in [6.45, 7) is 12.9. The summed E-state index contributed by atoms with van der Waals surface area (Å²) < 4.78 is 0. The molecule has 0 amide bonds. The van der Waals surface area contributed by atoms with Crippen LogP contribution in [0, 0.1) is 0 Å². The van der Waals surface area contributed by atoms with Crippen LogP contribution in [0.4, 0.5) is 0 Å². The minimum Gasteiger partial charge on any atom is -0.249 e. The van der Waals surface area contributed by atoms with E-state index in [4.69, 9.17) is 4.98 Å². The third-order valence-electron chi connectivity index (χ3n) is 3.17. The highest BCUT2D eigenvalue weighted by Crippen LogP contribution is 2.24. The van der Waals surface area contributed by atoms with Crippen LogP contribution in [0.2, 0.25) is 0 Å². The van der Waals surface area contributed by atoms with Crippen molar-refractivity contribution in [3.63, 3.8) is 0 Å². The average molecular weight is 269 g/mol. The van der Waals surface area contributed by atoms with E-state index in [1.54, 1.807) is 0 Å². The number of pyridine rings is 1. The van der Waals surface area contributed by atoms with E-state index in [0.29, 0.717) is 5.82 Å². The monoisotopic (exact) mass is 269 g/mol. The Labute approximate surface area is 121 Å². The van der Waals surface area contributed by atoms with Gasteiger partial charge >= 0.3 is 0 Å². The predicted molar refractivity (Wildman–Crippen MR) is 82.7 cm³/mol. The first-order valence-corrected chi connectivity index (χ1v) is 6.99. The van der Waals surface area contributed by atoms with Crippen LogP contribution in [0.15, 0.2) is 30.5 Å². The third-order valence-corrected chi connectivity index (χ3v) is 3.17. The molecule has 0 atom stereocenters. The minimum absolute atomic E-state index is 0.0132. The van der Waals surface area contributed by atoms with Gasteiger partial charge in [0.05, 0.1) is 0 Å². The van der Waals surface area contributed by atoms with E-state index >= 15 is 0 Å². The lowest BCUT2D eigenvalue weighted by Gasteiger charge is -2.19. The molecule has 0 bridgehead atoms. The molecule has 0 aliphatic rings. The van der Waals surface area contributed by atoms with Gasteiger partial charge in [0.2, 0.25) is 0 Å². The molecule has 0 radical (unpaired) electrons. The van der Waals surface area contributed by atoms with Crippen molar-refractivity contribution in [2.75, 3.05) is 0 Å². The smallest absolute Gasteiger partial charge is 0.178 e. The van der Waals surface area contributed by atoms with Gasteiger partial charge < -0.3 is 0 Å². The molecule has 2 heterocycles. The summed E-state index contributed by atoms with van der Waals surface area (Å²) in [7, 11) is 0. The van der Waals surface area contributed by atoms with Gasteiger partial charge in [0.15, 0.2) is 5.82 Å². The van der Waals surface area contributed by atoms with Gasteiger partial charge in [0.1, 0.15) is 5.69 Å². The summed E-state index contributed by atoms with van der Waals surface area (Å²) in [6.07, 6.45) is 1.81. The molecule has 0 aromatic carbocycles. The predicted octanol–water partition coefficient (Wildman–Crippen LogP) is 4.13. The van der Waals surface area contributed by atoms with Crippen LogP contribution in [0.1, 0.15) is 52.9 Å². The maximum Gasteiger partial charge on any atom is 0.178 e. The lowest BCUT2D eigenvalue weighted by molar-refractivity contribution is 0.565. The molecule has 106 valence electrons. The van der Waals surface area contributed by atoms with Gasteiger partial charge in [-0.15, -0.1) is 0 Å². The van der Waals surface area contributed by atoms with Crippen LogP contribution in [0.3, 0.4) is 0 Å². The largest absolute Gasteiger partial charge is 0.249 e. The van der Waals surface area contributed by atoms with E-state index in [9.17, 15) is 0 Å². The maximum absolute atomic E-state index is 4.71. The van der Waals surface area contributed by atoms with Crippen molar-refractivity contribution in [1.82, 2.24) is 15.0 Å². The van der Waals surface area contributed by atoms with Gasteiger partial charge in [-0.05, 0) is 18.2 Å². The van der Waals surface area contributed by atoms with Crippen LogP contribution >= 0.6 is 0 Å². The molecular weight excluding hydrogens is 246 g/mol. The number of nitrogens with zero attached hydrogens (tertiary/aromatic N) is 3. The molecule has 0 aliphatic carbocycles. The second-order valence-electron chi connectivity index (χ2n) is 7.17. The Morgan fingerprint density at radius 3 is 1.95 bits per heavy atom. The average Bonchev–Trinajstić information content (AvgIpc) is 2.37. The second-order valence-corrected chi connectivity index (χ2v) is 7.17. The lowest BCUT2D eigenvalue weighted by Crippen LogP contribution is -2.15. The number of hydrogen-bond donors (Lipinski definition) is 0. The Bertz CT molecular complexity index is 549. The summed E-state index contributed by atoms with van der Waals surface area (Å²) in [6, 6.07) is 8.02. The zero-order chi connectivity index (χ0) is 15.0. The molecule has 0 unspecified atom stereocenters. The summed E-state index contributed by atoms with van der Waals surface area (Å²) >= 11 is 0. The van der Waals surface area contributed by atoms with Crippen LogP contribution in [0.25, 0.3) is 11.5 Å². The fraction of sp³-hybridized carbons (Fsp3) is 0.471. The zero-order valence-corrected chi connectivity index (χ0v) is 13.2. The van der Waals surface area contributed by atoms with Crippen molar-refractivity contribution in [2.45, 2.75) is 52.4 Å². The van der Waals surface area contributed by atoms with E-state index in [1.165, 1.54) is 0 Å². The lowest BCUT2D eigenvalue weighted by atomic mass is 9.91. The van der Waals surface area contributed by atoms with Crippen molar-refractivity contribution >= 4 is 0 Å². The van der Waals surface area contributed by atoms with Crippen molar-refractivity contribution in [1.29, 1.82) is 0 Å². The Kier molecular flexibility index (Phi) is 3.63. The molecule has 2 aromatic heterocycles. The molecule has 0 N–H and O–H groups in total. The van der Waals surface area contributed by atoms with Crippen molar-refractivity contribution < 1.29 is 0 Å². The van der Waals surface area contributed by atoms with Crippen LogP contribution in [-0.4, -0.2) is 15.0 Å². The standard InChI is InChI=1S/C17H23N3/c1-16(2,3)13-9-7-8-12(19-13)15-18-11-10-14(20-15)17(4,5)6/h7-11H,1-6H3. The molecule has 20 heavy (non-hydrogen) atoms. The normalized spacial score (nSPS) is 12.5. The Balaban J connectivity index is 2.47. The fourth-order valence-corrected chi connectivity index (χ4v) is 1.88. The summed E-state index contributed by atoms with van der Waals surface area (Å²) in [5, 5.41) is 0.